The first-order chi connectivity index (χ1) is 24.5. The highest BCUT2D eigenvalue weighted by Gasteiger charge is 2.70. The topological polar surface area (TPSA) is 93.1 Å². The Morgan fingerprint density at radius 3 is 2.19 bits per heavy atom. The number of amides is 1. The molecule has 0 spiro atoms. The Hall–Kier alpha value is -2.38. The summed E-state index contributed by atoms with van der Waals surface area (Å²) >= 11 is 6.19. The molecule has 9 atom stereocenters. The van der Waals surface area contributed by atoms with E-state index in [1.807, 2.05) is 45.0 Å². The minimum absolute atomic E-state index is 0.0422. The maximum absolute atomic E-state index is 14.3. The first-order valence-electron chi connectivity index (χ1n) is 20.4. The summed E-state index contributed by atoms with van der Waals surface area (Å²) in [7, 11) is 0. The molecule has 1 aromatic rings. The van der Waals surface area contributed by atoms with Crippen molar-refractivity contribution in [2.75, 3.05) is 6.54 Å². The quantitative estimate of drug-likeness (QED) is 0.279. The van der Waals surface area contributed by atoms with E-state index in [-0.39, 0.29) is 64.4 Å². The molecule has 0 aliphatic heterocycles. The number of aliphatic hydroxyl groups excluding tert-OH is 1. The number of halogens is 1. The van der Waals surface area contributed by atoms with Crippen LogP contribution in [0.15, 0.2) is 35.4 Å². The first-order valence-corrected chi connectivity index (χ1v) is 20.7. The highest BCUT2D eigenvalue weighted by atomic mass is 35.5. The van der Waals surface area contributed by atoms with Crippen LogP contribution < -0.4 is 0 Å². The van der Waals surface area contributed by atoms with E-state index in [1.165, 1.54) is 12.5 Å². The number of carbonyl (C=O) groups is 3. The number of fused-ring (bicyclic) bond motifs is 7. The molecular weight excluding hydrogens is 686 g/mol. The van der Waals surface area contributed by atoms with Gasteiger partial charge in [-0.2, -0.15) is 0 Å². The van der Waals surface area contributed by atoms with Gasteiger partial charge in [0.05, 0.1) is 12.6 Å². The standard InChI is InChI=1S/C45H66ClNO6/c1-27(2)37-32(49)24-45(35(50)26-47(39(51)53-40(4,5)6)25-29-12-14-30(46)15-13-29)23-22-43(10)31(38(37)45)16-17-34-42(9)20-19-36(52-28(3)48)41(7,8)33(42)18-21-44(34,43)11/h12-15,27,31,33-36,50H,16-26H2,1-11H3/t31?,33?,34?,35?,36?,42-,43+,44+,45-/m0/s1. The molecule has 0 saturated heterocycles. The Morgan fingerprint density at radius 2 is 1.58 bits per heavy atom. The number of hydrogen-bond donors (Lipinski definition) is 1. The van der Waals surface area contributed by atoms with Crippen LogP contribution in [-0.2, 0) is 25.6 Å². The van der Waals surface area contributed by atoms with Gasteiger partial charge in [-0.3, -0.25) is 9.59 Å². The van der Waals surface area contributed by atoms with Gasteiger partial charge in [0.15, 0.2) is 5.78 Å². The maximum Gasteiger partial charge on any atom is 0.410 e. The van der Waals surface area contributed by atoms with Gasteiger partial charge in [0.25, 0.3) is 0 Å². The molecule has 53 heavy (non-hydrogen) atoms. The van der Waals surface area contributed by atoms with Crippen LogP contribution >= 0.6 is 11.6 Å². The number of nitrogens with zero attached hydrogens (tertiary/aromatic N) is 1. The molecule has 1 aromatic carbocycles. The number of rotatable bonds is 7. The molecular formula is C45H66ClNO6. The lowest BCUT2D eigenvalue weighted by Crippen LogP contribution is -2.66. The third-order valence-corrected chi connectivity index (χ3v) is 16.0. The monoisotopic (exact) mass is 751 g/mol. The Morgan fingerprint density at radius 1 is 0.925 bits per heavy atom. The predicted octanol–water partition coefficient (Wildman–Crippen LogP) is 10.4. The molecule has 0 bridgehead atoms. The van der Waals surface area contributed by atoms with Crippen molar-refractivity contribution in [3.63, 3.8) is 0 Å². The number of hydrogen-bond acceptors (Lipinski definition) is 6. The van der Waals surface area contributed by atoms with Crippen molar-refractivity contribution >= 4 is 29.4 Å². The molecule has 0 heterocycles. The normalized spacial score (nSPS) is 36.9. The lowest BCUT2D eigenvalue weighted by Gasteiger charge is -2.72. The van der Waals surface area contributed by atoms with Crippen LogP contribution in [0.5, 0.6) is 0 Å². The van der Waals surface area contributed by atoms with E-state index in [4.69, 9.17) is 21.1 Å². The number of Topliss-reactive ketones (excluding diaryl/α,β-unsaturated/α-hetero) is 1. The van der Waals surface area contributed by atoms with E-state index in [9.17, 15) is 19.5 Å². The highest BCUT2D eigenvalue weighted by Crippen LogP contribution is 2.77. The van der Waals surface area contributed by atoms with Crippen molar-refractivity contribution in [2.24, 2.45) is 50.7 Å². The molecule has 294 valence electrons. The number of ether oxygens (including phenoxy) is 2. The molecule has 7 nitrogen and oxygen atoms in total. The zero-order chi connectivity index (χ0) is 39.1. The summed E-state index contributed by atoms with van der Waals surface area (Å²) in [5, 5.41) is 13.2. The smallest absolute Gasteiger partial charge is 0.410 e. The SMILES string of the molecule is CC(=O)OC1CC[C@@]2(C)C(CC[C@]3(C)C2CCC2C4=C(C(C)C)C(=O)C[C@]4(C(O)CN(Cc4ccc(Cl)cc4)C(=O)OC(C)(C)C)CC[C@]23C)C1(C)C. The number of esters is 1. The largest absolute Gasteiger partial charge is 0.462 e. The molecule has 5 unspecified atom stereocenters. The van der Waals surface area contributed by atoms with Crippen LogP contribution in [0.3, 0.4) is 0 Å². The van der Waals surface area contributed by atoms with E-state index < -0.39 is 23.2 Å². The number of carbonyl (C=O) groups excluding carboxylic acids is 3. The van der Waals surface area contributed by atoms with Crippen molar-refractivity contribution in [1.82, 2.24) is 4.90 Å². The Labute approximate surface area is 324 Å². The van der Waals surface area contributed by atoms with Crippen LogP contribution in [0.1, 0.15) is 140 Å². The number of aliphatic hydroxyl groups is 1. The number of ketones is 1. The van der Waals surface area contributed by atoms with Gasteiger partial charge in [-0.15, -0.1) is 0 Å². The Kier molecular flexibility index (Phi) is 10.4. The minimum Gasteiger partial charge on any atom is -0.462 e. The summed E-state index contributed by atoms with van der Waals surface area (Å²) in [6.07, 6.45) is 6.65. The maximum atomic E-state index is 14.3. The second-order valence-corrected chi connectivity index (χ2v) is 20.8. The van der Waals surface area contributed by atoms with Gasteiger partial charge in [-0.05, 0) is 135 Å². The summed E-state index contributed by atoms with van der Waals surface area (Å²) in [5.74, 6) is 1.15. The van der Waals surface area contributed by atoms with E-state index in [1.54, 1.807) is 4.90 Å². The summed E-state index contributed by atoms with van der Waals surface area (Å²) in [5.41, 5.74) is 1.57. The molecule has 0 aromatic heterocycles. The Bertz CT molecular complexity index is 1640. The van der Waals surface area contributed by atoms with Gasteiger partial charge >= 0.3 is 12.1 Å². The van der Waals surface area contributed by atoms with Crippen molar-refractivity contribution in [2.45, 2.75) is 158 Å². The van der Waals surface area contributed by atoms with E-state index >= 15 is 0 Å². The van der Waals surface area contributed by atoms with Gasteiger partial charge in [0.2, 0.25) is 0 Å². The summed E-state index contributed by atoms with van der Waals surface area (Å²) in [6, 6.07) is 7.42. The van der Waals surface area contributed by atoms with Gasteiger partial charge in [0.1, 0.15) is 11.7 Å². The second-order valence-electron chi connectivity index (χ2n) is 20.3. The zero-order valence-corrected chi connectivity index (χ0v) is 35.1. The van der Waals surface area contributed by atoms with Crippen LogP contribution in [0.2, 0.25) is 5.02 Å². The molecule has 4 saturated carbocycles. The highest BCUT2D eigenvalue weighted by molar-refractivity contribution is 6.30. The fourth-order valence-electron chi connectivity index (χ4n) is 13.2. The zero-order valence-electron chi connectivity index (χ0n) is 34.4. The van der Waals surface area contributed by atoms with Crippen LogP contribution in [0.4, 0.5) is 4.79 Å². The number of benzene rings is 1. The fraction of sp³-hybridized carbons (Fsp3) is 0.756. The molecule has 1 amide bonds. The number of allylic oxidation sites excluding steroid dienone is 1. The molecule has 5 aliphatic rings. The third-order valence-electron chi connectivity index (χ3n) is 15.7. The molecule has 8 heteroatoms. The third kappa shape index (κ3) is 6.60. The van der Waals surface area contributed by atoms with Gasteiger partial charge < -0.3 is 19.5 Å². The van der Waals surface area contributed by atoms with Crippen LogP contribution in [0, 0.1) is 50.7 Å². The van der Waals surface area contributed by atoms with Crippen molar-refractivity contribution < 1.29 is 29.0 Å². The van der Waals surface area contributed by atoms with Crippen molar-refractivity contribution in [1.29, 1.82) is 0 Å². The average Bonchev–Trinajstić information content (AvgIpc) is 3.36. The Balaban J connectivity index is 1.35. The van der Waals surface area contributed by atoms with Crippen molar-refractivity contribution in [3.05, 3.63) is 46.0 Å². The summed E-state index contributed by atoms with van der Waals surface area (Å²) < 4.78 is 11.8. The summed E-state index contributed by atoms with van der Waals surface area (Å²) in [4.78, 5) is 41.8. The molecule has 1 N–H and O–H groups in total. The molecule has 5 aliphatic carbocycles. The predicted molar refractivity (Wildman–Crippen MR) is 209 cm³/mol. The van der Waals surface area contributed by atoms with Gasteiger partial charge in [-0.1, -0.05) is 77.8 Å². The fourth-order valence-corrected chi connectivity index (χ4v) is 13.3. The van der Waals surface area contributed by atoms with Gasteiger partial charge in [0, 0.05) is 35.7 Å². The van der Waals surface area contributed by atoms with E-state index in [0.29, 0.717) is 29.7 Å². The minimum atomic E-state index is -0.932. The lowest BCUT2D eigenvalue weighted by atomic mass is 9.33. The summed E-state index contributed by atoms with van der Waals surface area (Å²) in [6.45, 7) is 23.9. The molecule has 0 radical (unpaired) electrons. The van der Waals surface area contributed by atoms with E-state index in [2.05, 4.69) is 48.5 Å². The average molecular weight is 752 g/mol. The second kappa shape index (κ2) is 13.7. The first kappa shape index (κ1) is 40.3. The van der Waals surface area contributed by atoms with Crippen LogP contribution in [-0.4, -0.2) is 52.2 Å². The molecule has 4 fully saturated rings. The van der Waals surface area contributed by atoms with Gasteiger partial charge in [-0.25, -0.2) is 4.79 Å². The molecule has 6 rings (SSSR count). The van der Waals surface area contributed by atoms with Crippen molar-refractivity contribution in [3.8, 4) is 0 Å². The van der Waals surface area contributed by atoms with Crippen LogP contribution in [0.25, 0.3) is 0 Å². The van der Waals surface area contributed by atoms with E-state index in [0.717, 1.165) is 56.1 Å². The lowest BCUT2D eigenvalue weighted by molar-refractivity contribution is -0.234.